The first-order valence-corrected chi connectivity index (χ1v) is 12.1. The first-order chi connectivity index (χ1) is 16.1. The number of rotatable bonds is 7. The zero-order valence-electron chi connectivity index (χ0n) is 18.0. The molecule has 34 heavy (non-hydrogen) atoms. The molecule has 3 aromatic rings. The minimum absolute atomic E-state index is 0.0110. The number of oxazole rings is 1. The fourth-order valence-electron chi connectivity index (χ4n) is 3.81. The van der Waals surface area contributed by atoms with Gasteiger partial charge in [0, 0.05) is 38.7 Å². The number of carbonyl (C=O) groups is 1. The zero-order valence-corrected chi connectivity index (χ0v) is 18.8. The minimum Gasteiger partial charge on any atom is -0.408 e. The summed E-state index contributed by atoms with van der Waals surface area (Å²) in [5.41, 5.74) is 0.195. The van der Waals surface area contributed by atoms with Crippen LogP contribution in [0.1, 0.15) is 30.4 Å². The van der Waals surface area contributed by atoms with Crippen molar-refractivity contribution < 1.29 is 30.8 Å². The number of hydrogen-bond acceptors (Lipinski definition) is 5. The van der Waals surface area contributed by atoms with E-state index in [4.69, 9.17) is 4.42 Å². The van der Waals surface area contributed by atoms with E-state index in [2.05, 4.69) is 5.32 Å². The number of halogens is 3. The molecule has 1 amide bonds. The molecule has 0 radical (unpaired) electrons. The molecular weight excluding hydrogens is 475 g/mol. The number of hydrogen-bond donors (Lipinski definition) is 1. The Morgan fingerprint density at radius 3 is 2.38 bits per heavy atom. The molecule has 1 aliphatic rings. The van der Waals surface area contributed by atoms with E-state index in [1.807, 2.05) is 0 Å². The first-order valence-electron chi connectivity index (χ1n) is 10.6. The number of amides is 1. The summed E-state index contributed by atoms with van der Waals surface area (Å²) >= 11 is 0. The summed E-state index contributed by atoms with van der Waals surface area (Å²) in [6.07, 6.45) is -2.91. The van der Waals surface area contributed by atoms with Crippen LogP contribution in [-0.2, 0) is 34.1 Å². The van der Waals surface area contributed by atoms with Crippen molar-refractivity contribution in [3.05, 3.63) is 64.1 Å². The van der Waals surface area contributed by atoms with E-state index in [1.165, 1.54) is 39.2 Å². The lowest BCUT2D eigenvalue weighted by Crippen LogP contribution is -2.27. The van der Waals surface area contributed by atoms with E-state index in [0.717, 1.165) is 25.0 Å². The van der Waals surface area contributed by atoms with Gasteiger partial charge in [-0.15, -0.1) is 0 Å². The summed E-state index contributed by atoms with van der Waals surface area (Å²) in [6, 6.07) is 8.64. The van der Waals surface area contributed by atoms with Gasteiger partial charge in [0.25, 0.3) is 0 Å². The Bertz CT molecular complexity index is 1360. The summed E-state index contributed by atoms with van der Waals surface area (Å²) in [5, 5.41) is 2.60. The first kappa shape index (κ1) is 24.0. The SMILES string of the molecule is O=C(CCn1c(=O)oc2cc(S(=O)(=O)N3CCCC3)ccc21)NCc1ccc(C(F)(F)F)cc1. The van der Waals surface area contributed by atoms with Crippen LogP contribution in [0.2, 0.25) is 0 Å². The summed E-state index contributed by atoms with van der Waals surface area (Å²) in [4.78, 5) is 24.5. The van der Waals surface area contributed by atoms with Crippen LogP contribution in [0.5, 0.6) is 0 Å². The minimum atomic E-state index is -4.43. The highest BCUT2D eigenvalue weighted by molar-refractivity contribution is 7.89. The maximum atomic E-state index is 12.7. The third-order valence-corrected chi connectivity index (χ3v) is 7.57. The van der Waals surface area contributed by atoms with Crippen LogP contribution in [-0.4, -0.2) is 36.3 Å². The Hall–Kier alpha value is -3.12. The van der Waals surface area contributed by atoms with Crippen LogP contribution >= 0.6 is 0 Å². The number of aryl methyl sites for hydroxylation is 1. The van der Waals surface area contributed by atoms with Gasteiger partial charge in [0.2, 0.25) is 15.9 Å². The van der Waals surface area contributed by atoms with E-state index in [-0.39, 0.29) is 30.0 Å². The Kier molecular flexibility index (Phi) is 6.54. The lowest BCUT2D eigenvalue weighted by atomic mass is 10.1. The lowest BCUT2D eigenvalue weighted by Gasteiger charge is -2.15. The van der Waals surface area contributed by atoms with Crippen molar-refractivity contribution in [1.29, 1.82) is 0 Å². The zero-order chi connectivity index (χ0) is 24.5. The average Bonchev–Trinajstić information content (AvgIpc) is 3.44. The second-order valence-electron chi connectivity index (χ2n) is 7.98. The third-order valence-electron chi connectivity index (χ3n) is 5.68. The molecule has 0 spiro atoms. The molecule has 1 N–H and O–H groups in total. The molecule has 1 saturated heterocycles. The number of aromatic nitrogens is 1. The predicted molar refractivity (Wildman–Crippen MR) is 116 cm³/mol. The third kappa shape index (κ3) is 5.02. The number of carbonyl (C=O) groups excluding carboxylic acids is 1. The molecule has 0 aliphatic carbocycles. The molecule has 0 atom stereocenters. The summed E-state index contributed by atoms with van der Waals surface area (Å²) in [6.45, 7) is 0.929. The second-order valence-corrected chi connectivity index (χ2v) is 9.92. The Balaban J connectivity index is 1.40. The molecule has 8 nitrogen and oxygen atoms in total. The standard InChI is InChI=1S/C22H22F3N3O5S/c23-22(24,25)16-5-3-15(4-6-16)14-26-20(29)9-12-28-18-8-7-17(13-19(18)33-21(28)30)34(31,32)27-10-1-2-11-27/h3-8,13H,1-2,9-12,14H2,(H,26,29). The second kappa shape index (κ2) is 9.26. The van der Waals surface area contributed by atoms with Crippen molar-refractivity contribution in [3.8, 4) is 0 Å². The van der Waals surface area contributed by atoms with Crippen LogP contribution < -0.4 is 11.1 Å². The molecule has 0 unspecified atom stereocenters. The predicted octanol–water partition coefficient (Wildman–Crippen LogP) is 3.10. The number of sulfonamides is 1. The monoisotopic (exact) mass is 497 g/mol. The molecule has 1 fully saturated rings. The maximum absolute atomic E-state index is 12.7. The average molecular weight is 497 g/mol. The largest absolute Gasteiger partial charge is 0.419 e. The highest BCUT2D eigenvalue weighted by atomic mass is 32.2. The van der Waals surface area contributed by atoms with Crippen LogP contribution in [0.15, 0.2) is 56.6 Å². The smallest absolute Gasteiger partial charge is 0.408 e. The lowest BCUT2D eigenvalue weighted by molar-refractivity contribution is -0.137. The quantitative estimate of drug-likeness (QED) is 0.541. The highest BCUT2D eigenvalue weighted by Gasteiger charge is 2.30. The number of fused-ring (bicyclic) bond motifs is 1. The van der Waals surface area contributed by atoms with Crippen molar-refractivity contribution in [2.24, 2.45) is 0 Å². The molecule has 4 rings (SSSR count). The van der Waals surface area contributed by atoms with Gasteiger partial charge >= 0.3 is 11.9 Å². The fourth-order valence-corrected chi connectivity index (χ4v) is 5.34. The molecule has 1 aliphatic heterocycles. The summed E-state index contributed by atoms with van der Waals surface area (Å²) < 4.78 is 71.2. The van der Waals surface area contributed by atoms with E-state index in [0.29, 0.717) is 24.2 Å². The van der Waals surface area contributed by atoms with Crippen molar-refractivity contribution in [3.63, 3.8) is 0 Å². The topological polar surface area (TPSA) is 102 Å². The van der Waals surface area contributed by atoms with Gasteiger partial charge in [-0.25, -0.2) is 13.2 Å². The fraction of sp³-hybridized carbons (Fsp3) is 0.364. The highest BCUT2D eigenvalue weighted by Crippen LogP contribution is 2.29. The molecular formula is C22H22F3N3O5S. The van der Waals surface area contributed by atoms with Gasteiger partial charge in [-0.05, 0) is 42.7 Å². The summed E-state index contributed by atoms with van der Waals surface area (Å²) in [5.74, 6) is -1.13. The van der Waals surface area contributed by atoms with Gasteiger partial charge in [-0.3, -0.25) is 9.36 Å². The van der Waals surface area contributed by atoms with Gasteiger partial charge in [0.15, 0.2) is 5.58 Å². The van der Waals surface area contributed by atoms with E-state index in [9.17, 15) is 31.2 Å². The molecule has 182 valence electrons. The number of benzene rings is 2. The van der Waals surface area contributed by atoms with E-state index in [1.54, 1.807) is 0 Å². The van der Waals surface area contributed by atoms with Crippen LogP contribution in [0, 0.1) is 0 Å². The van der Waals surface area contributed by atoms with Crippen LogP contribution in [0.3, 0.4) is 0 Å². The van der Waals surface area contributed by atoms with Gasteiger partial charge in [0.1, 0.15) is 0 Å². The molecule has 12 heteroatoms. The van der Waals surface area contributed by atoms with E-state index >= 15 is 0 Å². The normalized spacial score (nSPS) is 15.1. The Labute approximate surface area is 193 Å². The van der Waals surface area contributed by atoms with Gasteiger partial charge in [-0.2, -0.15) is 17.5 Å². The van der Waals surface area contributed by atoms with Crippen LogP contribution in [0.25, 0.3) is 11.1 Å². The van der Waals surface area contributed by atoms with Crippen LogP contribution in [0.4, 0.5) is 13.2 Å². The molecule has 0 saturated carbocycles. The number of nitrogens with one attached hydrogen (secondary N) is 1. The Morgan fingerprint density at radius 2 is 1.74 bits per heavy atom. The Morgan fingerprint density at radius 1 is 1.06 bits per heavy atom. The van der Waals surface area contributed by atoms with E-state index < -0.39 is 33.4 Å². The van der Waals surface area contributed by atoms with Gasteiger partial charge in [0.05, 0.1) is 16.0 Å². The number of alkyl halides is 3. The van der Waals surface area contributed by atoms with Crippen molar-refractivity contribution >= 4 is 27.0 Å². The number of nitrogens with zero attached hydrogens (tertiary/aromatic N) is 2. The van der Waals surface area contributed by atoms with Crippen molar-refractivity contribution in [2.45, 2.75) is 43.4 Å². The molecule has 2 aromatic carbocycles. The molecule has 2 heterocycles. The molecule has 0 bridgehead atoms. The van der Waals surface area contributed by atoms with Crippen molar-refractivity contribution in [1.82, 2.24) is 14.2 Å². The van der Waals surface area contributed by atoms with Gasteiger partial charge in [-0.1, -0.05) is 12.1 Å². The van der Waals surface area contributed by atoms with Gasteiger partial charge < -0.3 is 9.73 Å². The summed E-state index contributed by atoms with van der Waals surface area (Å²) in [7, 11) is -3.67. The molecule has 1 aromatic heterocycles. The van der Waals surface area contributed by atoms with Crippen molar-refractivity contribution in [2.75, 3.05) is 13.1 Å². The maximum Gasteiger partial charge on any atom is 0.419 e.